The van der Waals surface area contributed by atoms with Gasteiger partial charge in [-0.15, -0.1) is 0 Å². The van der Waals surface area contributed by atoms with Crippen LogP contribution in [0.1, 0.15) is 52.8 Å². The second-order valence-corrected chi connectivity index (χ2v) is 5.66. The number of halogens is 3. The lowest BCUT2D eigenvalue weighted by Gasteiger charge is -2.32. The first-order chi connectivity index (χ1) is 10.8. The van der Waals surface area contributed by atoms with Crippen molar-refractivity contribution >= 4 is 11.9 Å². The first-order valence-corrected chi connectivity index (χ1v) is 7.35. The Morgan fingerprint density at radius 2 is 1.78 bits per heavy atom. The molecule has 1 unspecified atom stereocenters. The van der Waals surface area contributed by atoms with Crippen molar-refractivity contribution in [3.05, 3.63) is 29.6 Å². The quantitative estimate of drug-likeness (QED) is 0.889. The second kappa shape index (κ2) is 6.97. The normalized spacial score (nSPS) is 17.5. The van der Waals surface area contributed by atoms with Gasteiger partial charge in [-0.1, -0.05) is 19.3 Å². The Morgan fingerprint density at radius 1 is 1.17 bits per heavy atom. The number of rotatable bonds is 4. The average molecular weight is 330 g/mol. The summed E-state index contributed by atoms with van der Waals surface area (Å²) in [6.07, 6.45) is 0.689. The van der Waals surface area contributed by atoms with E-state index < -0.39 is 30.0 Å². The molecule has 1 heterocycles. The summed E-state index contributed by atoms with van der Waals surface area (Å²) in [5.74, 6) is -2.91. The van der Waals surface area contributed by atoms with Gasteiger partial charge in [-0.25, -0.2) is 4.79 Å². The van der Waals surface area contributed by atoms with Crippen LogP contribution in [0.5, 0.6) is 0 Å². The molecule has 1 aromatic heterocycles. The van der Waals surface area contributed by atoms with Crippen LogP contribution < -0.4 is 5.32 Å². The SMILES string of the molecule is O=C(O)c1cncc(C(=O)NC(C2CCCCC2)C(F)(F)F)c1. The Bertz CT molecular complexity index is 584. The number of alkyl halides is 3. The number of aromatic carboxylic acids is 1. The van der Waals surface area contributed by atoms with E-state index in [-0.39, 0.29) is 11.1 Å². The van der Waals surface area contributed by atoms with E-state index in [2.05, 4.69) is 4.98 Å². The van der Waals surface area contributed by atoms with Crippen molar-refractivity contribution < 1.29 is 27.9 Å². The minimum absolute atomic E-state index is 0.199. The molecule has 0 aromatic carbocycles. The molecule has 1 atom stereocenters. The molecule has 5 nitrogen and oxygen atoms in total. The Kier molecular flexibility index (Phi) is 5.23. The molecule has 1 fully saturated rings. The molecule has 0 saturated heterocycles. The van der Waals surface area contributed by atoms with E-state index in [9.17, 15) is 22.8 Å². The standard InChI is InChI=1S/C15H17F3N2O3/c16-15(17,18)12(9-4-2-1-3-5-9)20-13(21)10-6-11(14(22)23)8-19-7-10/h6-9,12H,1-5H2,(H,20,21)(H,22,23). The highest BCUT2D eigenvalue weighted by atomic mass is 19.4. The molecule has 1 saturated carbocycles. The van der Waals surface area contributed by atoms with Gasteiger partial charge in [-0.05, 0) is 24.8 Å². The minimum Gasteiger partial charge on any atom is -0.478 e. The fraction of sp³-hybridized carbons (Fsp3) is 0.533. The predicted molar refractivity (Wildman–Crippen MR) is 75.1 cm³/mol. The number of nitrogens with one attached hydrogen (secondary N) is 1. The fourth-order valence-electron chi connectivity index (χ4n) is 2.84. The maximum atomic E-state index is 13.3. The molecule has 2 rings (SSSR count). The molecule has 1 aromatic rings. The molecule has 8 heteroatoms. The lowest BCUT2D eigenvalue weighted by molar-refractivity contribution is -0.167. The third-order valence-corrected chi connectivity index (χ3v) is 4.01. The van der Waals surface area contributed by atoms with Crippen LogP contribution in [-0.4, -0.2) is 34.2 Å². The highest BCUT2D eigenvalue weighted by Crippen LogP contribution is 2.34. The van der Waals surface area contributed by atoms with Crippen LogP contribution in [0.3, 0.4) is 0 Å². The van der Waals surface area contributed by atoms with E-state index in [1.165, 1.54) is 0 Å². The van der Waals surface area contributed by atoms with Gasteiger partial charge in [0.1, 0.15) is 6.04 Å². The van der Waals surface area contributed by atoms with Crippen LogP contribution >= 0.6 is 0 Å². The lowest BCUT2D eigenvalue weighted by Crippen LogP contribution is -2.50. The third kappa shape index (κ3) is 4.43. The largest absolute Gasteiger partial charge is 0.478 e. The molecule has 0 aliphatic heterocycles. The van der Waals surface area contributed by atoms with Crippen LogP contribution in [-0.2, 0) is 0 Å². The first kappa shape index (κ1) is 17.2. The number of carbonyl (C=O) groups is 2. The van der Waals surface area contributed by atoms with E-state index in [0.717, 1.165) is 24.9 Å². The molecule has 0 bridgehead atoms. The molecule has 0 radical (unpaired) electrons. The van der Waals surface area contributed by atoms with E-state index >= 15 is 0 Å². The van der Waals surface area contributed by atoms with Gasteiger partial charge in [0.25, 0.3) is 5.91 Å². The maximum absolute atomic E-state index is 13.3. The smallest absolute Gasteiger partial charge is 0.408 e. The van der Waals surface area contributed by atoms with E-state index in [4.69, 9.17) is 5.11 Å². The van der Waals surface area contributed by atoms with Crippen molar-refractivity contribution in [3.63, 3.8) is 0 Å². The Morgan fingerprint density at radius 3 is 2.35 bits per heavy atom. The van der Waals surface area contributed by atoms with Crippen molar-refractivity contribution in [1.82, 2.24) is 10.3 Å². The molecule has 0 spiro atoms. The number of carbonyl (C=O) groups excluding carboxylic acids is 1. The second-order valence-electron chi connectivity index (χ2n) is 5.66. The lowest BCUT2D eigenvalue weighted by atomic mass is 9.83. The number of aromatic nitrogens is 1. The van der Waals surface area contributed by atoms with Crippen molar-refractivity contribution in [2.75, 3.05) is 0 Å². The molecule has 2 N–H and O–H groups in total. The molecular weight excluding hydrogens is 313 g/mol. The van der Waals surface area contributed by atoms with Crippen molar-refractivity contribution in [2.45, 2.75) is 44.3 Å². The summed E-state index contributed by atoms with van der Waals surface area (Å²) in [5, 5.41) is 10.9. The number of carboxylic acids is 1. The minimum atomic E-state index is -4.55. The zero-order valence-corrected chi connectivity index (χ0v) is 12.3. The Labute approximate surface area is 130 Å². The van der Waals surface area contributed by atoms with Gasteiger partial charge in [0.2, 0.25) is 0 Å². The van der Waals surface area contributed by atoms with Crippen LogP contribution in [0.2, 0.25) is 0 Å². The van der Waals surface area contributed by atoms with E-state index in [0.29, 0.717) is 25.7 Å². The zero-order valence-electron chi connectivity index (χ0n) is 12.3. The van der Waals surface area contributed by atoms with Crippen LogP contribution in [0.4, 0.5) is 13.2 Å². The molecule has 1 aliphatic carbocycles. The Balaban J connectivity index is 2.17. The Hall–Kier alpha value is -2.12. The number of hydrogen-bond donors (Lipinski definition) is 2. The summed E-state index contributed by atoms with van der Waals surface area (Å²) in [5.41, 5.74) is -0.450. The van der Waals surface area contributed by atoms with Gasteiger partial charge < -0.3 is 10.4 Å². The summed E-state index contributed by atoms with van der Waals surface area (Å²) in [4.78, 5) is 26.5. The molecule has 23 heavy (non-hydrogen) atoms. The average Bonchev–Trinajstić information content (AvgIpc) is 2.52. The predicted octanol–water partition coefficient (Wildman–Crippen LogP) is 3.02. The van der Waals surface area contributed by atoms with Crippen molar-refractivity contribution in [2.24, 2.45) is 5.92 Å². The van der Waals surface area contributed by atoms with Gasteiger partial charge in [-0.2, -0.15) is 13.2 Å². The molecule has 1 aliphatic rings. The van der Waals surface area contributed by atoms with Gasteiger partial charge >= 0.3 is 12.1 Å². The highest BCUT2D eigenvalue weighted by molar-refractivity contribution is 5.97. The topological polar surface area (TPSA) is 79.3 Å². The number of nitrogens with zero attached hydrogens (tertiary/aromatic N) is 1. The van der Waals surface area contributed by atoms with Gasteiger partial charge in [0.15, 0.2) is 0 Å². The number of pyridine rings is 1. The van der Waals surface area contributed by atoms with E-state index in [1.807, 2.05) is 5.32 Å². The summed E-state index contributed by atoms with van der Waals surface area (Å²) < 4.78 is 39.8. The summed E-state index contributed by atoms with van der Waals surface area (Å²) in [6, 6.07) is -0.914. The van der Waals surface area contributed by atoms with Crippen LogP contribution in [0, 0.1) is 5.92 Å². The highest BCUT2D eigenvalue weighted by Gasteiger charge is 2.45. The van der Waals surface area contributed by atoms with Gasteiger partial charge in [0, 0.05) is 12.4 Å². The third-order valence-electron chi connectivity index (χ3n) is 4.01. The van der Waals surface area contributed by atoms with Gasteiger partial charge in [0.05, 0.1) is 11.1 Å². The first-order valence-electron chi connectivity index (χ1n) is 7.35. The van der Waals surface area contributed by atoms with Crippen molar-refractivity contribution in [1.29, 1.82) is 0 Å². The summed E-state index contributed by atoms with van der Waals surface area (Å²) >= 11 is 0. The number of hydrogen-bond acceptors (Lipinski definition) is 3. The van der Waals surface area contributed by atoms with Crippen LogP contribution in [0.15, 0.2) is 18.5 Å². The fourth-order valence-corrected chi connectivity index (χ4v) is 2.84. The zero-order chi connectivity index (χ0) is 17.0. The van der Waals surface area contributed by atoms with Crippen LogP contribution in [0.25, 0.3) is 0 Å². The van der Waals surface area contributed by atoms with Gasteiger partial charge in [-0.3, -0.25) is 9.78 Å². The molecular formula is C15H17F3N2O3. The maximum Gasteiger partial charge on any atom is 0.408 e. The summed E-state index contributed by atoms with van der Waals surface area (Å²) in [7, 11) is 0. The number of carboxylic acid groups (broad SMARTS) is 1. The number of amides is 1. The van der Waals surface area contributed by atoms with Crippen molar-refractivity contribution in [3.8, 4) is 0 Å². The summed E-state index contributed by atoms with van der Waals surface area (Å²) in [6.45, 7) is 0. The molecule has 126 valence electrons. The molecule has 1 amide bonds. The van der Waals surface area contributed by atoms with E-state index in [1.54, 1.807) is 0 Å². The monoisotopic (exact) mass is 330 g/mol.